The van der Waals surface area contributed by atoms with Gasteiger partial charge in [-0.25, -0.2) is 4.79 Å². The minimum absolute atomic E-state index is 0.174. The van der Waals surface area contributed by atoms with Gasteiger partial charge in [0.05, 0.1) is 0 Å². The van der Waals surface area contributed by atoms with E-state index in [4.69, 9.17) is 0 Å². The van der Waals surface area contributed by atoms with Crippen LogP contribution in [0.2, 0.25) is 0 Å². The van der Waals surface area contributed by atoms with Crippen molar-refractivity contribution in [3.8, 4) is 0 Å². The van der Waals surface area contributed by atoms with E-state index >= 15 is 0 Å². The van der Waals surface area contributed by atoms with Crippen LogP contribution in [0.15, 0.2) is 30.3 Å². The van der Waals surface area contributed by atoms with Gasteiger partial charge in [0.1, 0.15) is 0 Å². The standard InChI is InChI=1S/C17H27N3O/c1-14(2)20(15(3)4)17(21)19-12-10-18(11-13-19)16-8-6-5-7-9-16/h5-9,14-15H,10-13H2,1-4H3. The van der Waals surface area contributed by atoms with E-state index in [1.807, 2.05) is 15.9 Å². The molecule has 1 saturated heterocycles. The third-order valence-electron chi connectivity index (χ3n) is 4.01. The quantitative estimate of drug-likeness (QED) is 0.855. The fourth-order valence-corrected chi connectivity index (χ4v) is 3.00. The average molecular weight is 289 g/mol. The van der Waals surface area contributed by atoms with Gasteiger partial charge in [0.25, 0.3) is 0 Å². The summed E-state index contributed by atoms with van der Waals surface area (Å²) >= 11 is 0. The number of rotatable bonds is 3. The molecule has 21 heavy (non-hydrogen) atoms. The van der Waals surface area contributed by atoms with Crippen LogP contribution in [0, 0.1) is 0 Å². The molecule has 2 amide bonds. The fourth-order valence-electron chi connectivity index (χ4n) is 3.00. The molecule has 0 aromatic heterocycles. The van der Waals surface area contributed by atoms with Gasteiger partial charge in [0.2, 0.25) is 0 Å². The first-order valence-electron chi connectivity index (χ1n) is 7.88. The Balaban J connectivity index is 1.96. The molecule has 0 saturated carbocycles. The number of anilines is 1. The highest BCUT2D eigenvalue weighted by atomic mass is 16.2. The molecule has 2 rings (SSSR count). The van der Waals surface area contributed by atoms with Crippen molar-refractivity contribution in [2.24, 2.45) is 0 Å². The van der Waals surface area contributed by atoms with Crippen LogP contribution in [-0.2, 0) is 0 Å². The lowest BCUT2D eigenvalue weighted by Gasteiger charge is -2.41. The highest BCUT2D eigenvalue weighted by molar-refractivity contribution is 5.75. The topological polar surface area (TPSA) is 26.8 Å². The third kappa shape index (κ3) is 3.69. The summed E-state index contributed by atoms with van der Waals surface area (Å²) < 4.78 is 0. The van der Waals surface area contributed by atoms with Gasteiger partial charge in [-0.1, -0.05) is 18.2 Å². The van der Waals surface area contributed by atoms with Gasteiger partial charge in [-0.2, -0.15) is 0 Å². The van der Waals surface area contributed by atoms with Gasteiger partial charge in [0, 0.05) is 44.0 Å². The number of nitrogens with zero attached hydrogens (tertiary/aromatic N) is 3. The first kappa shape index (κ1) is 15.7. The van der Waals surface area contributed by atoms with Crippen LogP contribution >= 0.6 is 0 Å². The third-order valence-corrected chi connectivity index (χ3v) is 4.01. The first-order valence-corrected chi connectivity index (χ1v) is 7.88. The molecule has 1 aliphatic heterocycles. The second kappa shape index (κ2) is 6.83. The van der Waals surface area contributed by atoms with E-state index in [1.54, 1.807) is 0 Å². The molecule has 1 aromatic carbocycles. The fraction of sp³-hybridized carbons (Fsp3) is 0.588. The van der Waals surface area contributed by atoms with Crippen molar-refractivity contribution in [3.63, 3.8) is 0 Å². The second-order valence-corrected chi connectivity index (χ2v) is 6.19. The van der Waals surface area contributed by atoms with Crippen molar-refractivity contribution in [1.82, 2.24) is 9.80 Å². The zero-order chi connectivity index (χ0) is 15.4. The minimum Gasteiger partial charge on any atom is -0.368 e. The van der Waals surface area contributed by atoms with Gasteiger partial charge >= 0.3 is 6.03 Å². The highest BCUT2D eigenvalue weighted by Crippen LogP contribution is 2.17. The number of carbonyl (C=O) groups excluding carboxylic acids is 1. The lowest BCUT2D eigenvalue weighted by molar-refractivity contribution is 0.122. The second-order valence-electron chi connectivity index (χ2n) is 6.19. The maximum atomic E-state index is 12.7. The lowest BCUT2D eigenvalue weighted by atomic mass is 10.2. The van der Waals surface area contributed by atoms with Crippen LogP contribution in [0.1, 0.15) is 27.7 Å². The van der Waals surface area contributed by atoms with Crippen molar-refractivity contribution in [2.75, 3.05) is 31.1 Å². The number of para-hydroxylation sites is 1. The number of piperazine rings is 1. The number of hydrogen-bond donors (Lipinski definition) is 0. The Labute approximate surface area is 128 Å². The van der Waals surface area contributed by atoms with Crippen LogP contribution in [0.25, 0.3) is 0 Å². The highest BCUT2D eigenvalue weighted by Gasteiger charge is 2.28. The van der Waals surface area contributed by atoms with Crippen LogP contribution in [0.4, 0.5) is 10.5 Å². The first-order chi connectivity index (χ1) is 10.0. The Kier molecular flexibility index (Phi) is 5.10. The van der Waals surface area contributed by atoms with Gasteiger partial charge in [0.15, 0.2) is 0 Å². The molecular weight excluding hydrogens is 262 g/mol. The smallest absolute Gasteiger partial charge is 0.320 e. The Bertz CT molecular complexity index is 442. The van der Waals surface area contributed by atoms with E-state index < -0.39 is 0 Å². The number of hydrogen-bond acceptors (Lipinski definition) is 2. The van der Waals surface area contributed by atoms with E-state index in [9.17, 15) is 4.79 Å². The molecule has 4 heteroatoms. The summed E-state index contributed by atoms with van der Waals surface area (Å²) in [5.74, 6) is 0. The normalized spacial score (nSPS) is 15.7. The number of urea groups is 1. The monoisotopic (exact) mass is 289 g/mol. The number of benzene rings is 1. The van der Waals surface area contributed by atoms with E-state index in [0.717, 1.165) is 26.2 Å². The number of amides is 2. The molecule has 4 nitrogen and oxygen atoms in total. The summed E-state index contributed by atoms with van der Waals surface area (Å²) in [6.07, 6.45) is 0. The Morgan fingerprint density at radius 3 is 1.95 bits per heavy atom. The maximum absolute atomic E-state index is 12.7. The van der Waals surface area contributed by atoms with Crippen molar-refractivity contribution in [3.05, 3.63) is 30.3 Å². The molecular formula is C17H27N3O. The largest absolute Gasteiger partial charge is 0.368 e. The molecule has 0 unspecified atom stereocenters. The Morgan fingerprint density at radius 1 is 0.952 bits per heavy atom. The predicted octanol–water partition coefficient (Wildman–Crippen LogP) is 3.05. The predicted molar refractivity (Wildman–Crippen MR) is 87.7 cm³/mol. The van der Waals surface area contributed by atoms with E-state index in [1.165, 1.54) is 5.69 Å². The van der Waals surface area contributed by atoms with Gasteiger partial charge in [-0.05, 0) is 39.8 Å². The van der Waals surface area contributed by atoms with Crippen molar-refractivity contribution >= 4 is 11.7 Å². The number of carbonyl (C=O) groups is 1. The molecule has 0 radical (unpaired) electrons. The summed E-state index contributed by atoms with van der Waals surface area (Å²) in [4.78, 5) is 19.0. The molecule has 1 aromatic rings. The van der Waals surface area contributed by atoms with Crippen molar-refractivity contribution in [2.45, 2.75) is 39.8 Å². The van der Waals surface area contributed by atoms with Crippen LogP contribution in [0.5, 0.6) is 0 Å². The molecule has 1 heterocycles. The summed E-state index contributed by atoms with van der Waals surface area (Å²) in [5, 5.41) is 0. The van der Waals surface area contributed by atoms with Gasteiger partial charge in [-0.15, -0.1) is 0 Å². The van der Waals surface area contributed by atoms with Crippen LogP contribution in [0.3, 0.4) is 0 Å². The van der Waals surface area contributed by atoms with Crippen molar-refractivity contribution in [1.29, 1.82) is 0 Å². The van der Waals surface area contributed by atoms with E-state index in [2.05, 4.69) is 56.9 Å². The lowest BCUT2D eigenvalue weighted by Crippen LogP contribution is -2.55. The van der Waals surface area contributed by atoms with E-state index in [0.29, 0.717) is 0 Å². The molecule has 0 atom stereocenters. The summed E-state index contributed by atoms with van der Waals surface area (Å²) in [6, 6.07) is 11.1. The molecule has 0 aliphatic carbocycles. The van der Waals surface area contributed by atoms with Gasteiger partial charge < -0.3 is 14.7 Å². The molecule has 0 spiro atoms. The average Bonchev–Trinajstić information content (AvgIpc) is 2.47. The van der Waals surface area contributed by atoms with Gasteiger partial charge in [-0.3, -0.25) is 0 Å². The summed E-state index contributed by atoms with van der Waals surface area (Å²) in [5.41, 5.74) is 1.24. The van der Waals surface area contributed by atoms with E-state index in [-0.39, 0.29) is 18.1 Å². The minimum atomic E-state index is 0.174. The van der Waals surface area contributed by atoms with Crippen LogP contribution in [-0.4, -0.2) is 54.1 Å². The molecule has 1 aliphatic rings. The Morgan fingerprint density at radius 2 is 1.48 bits per heavy atom. The molecule has 116 valence electrons. The van der Waals surface area contributed by atoms with Crippen LogP contribution < -0.4 is 4.90 Å². The molecule has 0 bridgehead atoms. The molecule has 0 N–H and O–H groups in total. The zero-order valence-electron chi connectivity index (χ0n) is 13.6. The SMILES string of the molecule is CC(C)N(C(=O)N1CCN(c2ccccc2)CC1)C(C)C. The zero-order valence-corrected chi connectivity index (χ0v) is 13.6. The summed E-state index contributed by atoms with van der Waals surface area (Å²) in [6.45, 7) is 11.7. The molecule has 1 fully saturated rings. The van der Waals surface area contributed by atoms with Crippen molar-refractivity contribution < 1.29 is 4.79 Å². The Hall–Kier alpha value is -1.71. The summed E-state index contributed by atoms with van der Waals surface area (Å²) in [7, 11) is 0. The maximum Gasteiger partial charge on any atom is 0.320 e.